The number of ether oxygens (including phenoxy) is 1. The highest BCUT2D eigenvalue weighted by atomic mass is 16.6. The van der Waals surface area contributed by atoms with Crippen molar-refractivity contribution in [3.8, 4) is 0 Å². The lowest BCUT2D eigenvalue weighted by molar-refractivity contribution is -0.138. The van der Waals surface area contributed by atoms with Gasteiger partial charge in [0.1, 0.15) is 11.6 Å². The number of fused-ring (bicyclic) bond motifs is 1. The Morgan fingerprint density at radius 1 is 1.25 bits per heavy atom. The van der Waals surface area contributed by atoms with Gasteiger partial charge in [0.05, 0.1) is 0 Å². The first kappa shape index (κ1) is 18.3. The molecule has 2 amide bonds. The van der Waals surface area contributed by atoms with Gasteiger partial charge in [-0.2, -0.15) is 0 Å². The van der Waals surface area contributed by atoms with Crippen LogP contribution in [0, 0.1) is 0 Å². The Balaban J connectivity index is 2.33. The van der Waals surface area contributed by atoms with Gasteiger partial charge in [0, 0.05) is 26.1 Å². The average molecular weight is 332 g/mol. The van der Waals surface area contributed by atoms with Gasteiger partial charge in [0.25, 0.3) is 0 Å². The van der Waals surface area contributed by atoms with E-state index < -0.39 is 17.7 Å². The number of benzene rings is 1. The predicted molar refractivity (Wildman–Crippen MR) is 93.6 cm³/mol. The summed E-state index contributed by atoms with van der Waals surface area (Å²) in [5.41, 5.74) is 1.66. The van der Waals surface area contributed by atoms with Crippen LogP contribution in [-0.4, -0.2) is 46.5 Å². The van der Waals surface area contributed by atoms with Crippen LogP contribution < -0.4 is 0 Å². The van der Waals surface area contributed by atoms with Gasteiger partial charge in [-0.25, -0.2) is 4.79 Å². The molecule has 0 N–H and O–H groups in total. The van der Waals surface area contributed by atoms with Crippen LogP contribution in [0.3, 0.4) is 0 Å². The van der Waals surface area contributed by atoms with Crippen molar-refractivity contribution in [2.24, 2.45) is 0 Å². The zero-order valence-electron chi connectivity index (χ0n) is 15.5. The van der Waals surface area contributed by atoms with E-state index in [0.29, 0.717) is 13.0 Å². The Morgan fingerprint density at radius 2 is 1.83 bits per heavy atom. The van der Waals surface area contributed by atoms with E-state index in [1.807, 2.05) is 63.8 Å². The van der Waals surface area contributed by atoms with Gasteiger partial charge in [-0.1, -0.05) is 24.3 Å². The first-order valence-electron chi connectivity index (χ1n) is 8.43. The Hall–Kier alpha value is -2.04. The van der Waals surface area contributed by atoms with E-state index >= 15 is 0 Å². The van der Waals surface area contributed by atoms with Crippen molar-refractivity contribution in [3.63, 3.8) is 0 Å². The van der Waals surface area contributed by atoms with E-state index in [-0.39, 0.29) is 11.9 Å². The maximum atomic E-state index is 13.0. The molecule has 0 fully saturated rings. The molecule has 132 valence electrons. The molecule has 24 heavy (non-hydrogen) atoms. The maximum Gasteiger partial charge on any atom is 0.410 e. The third-order valence-electron chi connectivity index (χ3n) is 4.21. The molecule has 0 spiro atoms. The summed E-state index contributed by atoms with van der Waals surface area (Å²) in [5, 5.41) is 0. The normalized spacial score (nSPS) is 18.2. The highest BCUT2D eigenvalue weighted by Gasteiger charge is 2.36. The molecule has 0 saturated heterocycles. The molecule has 0 aliphatic carbocycles. The van der Waals surface area contributed by atoms with Crippen molar-refractivity contribution in [2.45, 2.75) is 65.3 Å². The Labute approximate surface area is 144 Å². The second-order valence-electron chi connectivity index (χ2n) is 7.64. The molecule has 0 saturated carbocycles. The van der Waals surface area contributed by atoms with Crippen LogP contribution >= 0.6 is 0 Å². The van der Waals surface area contributed by atoms with Gasteiger partial charge in [-0.3, -0.25) is 9.69 Å². The average Bonchev–Trinajstić information content (AvgIpc) is 2.62. The summed E-state index contributed by atoms with van der Waals surface area (Å²) >= 11 is 0. The minimum atomic E-state index is -0.589. The Bertz CT molecular complexity index is 619. The van der Waals surface area contributed by atoms with E-state index in [1.54, 1.807) is 7.05 Å². The highest BCUT2D eigenvalue weighted by molar-refractivity contribution is 5.86. The number of carbonyl (C=O) groups is 2. The van der Waals surface area contributed by atoms with Crippen molar-refractivity contribution < 1.29 is 14.3 Å². The van der Waals surface area contributed by atoms with Crippen LogP contribution in [0.15, 0.2) is 24.3 Å². The van der Waals surface area contributed by atoms with Crippen molar-refractivity contribution in [3.05, 3.63) is 35.4 Å². The largest absolute Gasteiger partial charge is 0.444 e. The second-order valence-corrected chi connectivity index (χ2v) is 7.64. The standard InChI is InChI=1S/C19H28N2O3/c1-13(2)21-12-15-10-8-7-9-14(15)11-16(17(21)22)20(6)18(23)24-19(3,4)5/h7-10,13,16H,11-12H2,1-6H3/t16-/m0/s1. The lowest BCUT2D eigenvalue weighted by Gasteiger charge is -2.33. The Morgan fingerprint density at radius 3 is 2.38 bits per heavy atom. The third-order valence-corrected chi connectivity index (χ3v) is 4.21. The predicted octanol–water partition coefficient (Wildman–Crippen LogP) is 3.22. The number of likely N-dealkylation sites (N-methyl/N-ethyl adjacent to an activating group) is 1. The van der Waals surface area contributed by atoms with Crippen LogP contribution in [0.2, 0.25) is 0 Å². The summed E-state index contributed by atoms with van der Waals surface area (Å²) in [4.78, 5) is 28.7. The lowest BCUT2D eigenvalue weighted by atomic mass is 10.0. The van der Waals surface area contributed by atoms with Crippen LogP contribution in [0.25, 0.3) is 0 Å². The molecule has 0 radical (unpaired) electrons. The molecule has 0 bridgehead atoms. The topological polar surface area (TPSA) is 49.9 Å². The monoisotopic (exact) mass is 332 g/mol. The molecule has 1 atom stereocenters. The summed E-state index contributed by atoms with van der Waals surface area (Å²) in [7, 11) is 1.64. The zero-order chi connectivity index (χ0) is 18.1. The summed E-state index contributed by atoms with van der Waals surface area (Å²) in [6, 6.07) is 7.55. The van der Waals surface area contributed by atoms with Gasteiger partial charge in [0.15, 0.2) is 0 Å². The van der Waals surface area contributed by atoms with E-state index in [4.69, 9.17) is 4.74 Å². The van der Waals surface area contributed by atoms with Crippen molar-refractivity contribution in [1.82, 2.24) is 9.80 Å². The van der Waals surface area contributed by atoms with E-state index in [1.165, 1.54) is 4.90 Å². The molecule has 1 aromatic carbocycles. The minimum absolute atomic E-state index is 0.0328. The van der Waals surface area contributed by atoms with Crippen molar-refractivity contribution in [1.29, 1.82) is 0 Å². The fourth-order valence-electron chi connectivity index (χ4n) is 2.86. The first-order chi connectivity index (χ1) is 11.1. The quantitative estimate of drug-likeness (QED) is 0.835. The van der Waals surface area contributed by atoms with Crippen molar-refractivity contribution >= 4 is 12.0 Å². The molecule has 5 heteroatoms. The summed E-state index contributed by atoms with van der Waals surface area (Å²) in [6.07, 6.45) is 0.0393. The van der Waals surface area contributed by atoms with Gasteiger partial charge in [0.2, 0.25) is 5.91 Å². The van der Waals surface area contributed by atoms with Crippen molar-refractivity contribution in [2.75, 3.05) is 7.05 Å². The summed E-state index contributed by atoms with van der Waals surface area (Å²) in [5.74, 6) is -0.0328. The lowest BCUT2D eigenvalue weighted by Crippen LogP contribution is -2.51. The van der Waals surface area contributed by atoms with Crippen LogP contribution in [-0.2, 0) is 22.5 Å². The van der Waals surface area contributed by atoms with Crippen LogP contribution in [0.4, 0.5) is 4.79 Å². The molecule has 1 heterocycles. The smallest absolute Gasteiger partial charge is 0.410 e. The number of hydrogen-bond donors (Lipinski definition) is 0. The van der Waals surface area contributed by atoms with Gasteiger partial charge in [-0.15, -0.1) is 0 Å². The van der Waals surface area contributed by atoms with Crippen LogP contribution in [0.5, 0.6) is 0 Å². The Kier molecular flexibility index (Phi) is 5.21. The minimum Gasteiger partial charge on any atom is -0.444 e. The molecular weight excluding hydrogens is 304 g/mol. The number of nitrogens with zero attached hydrogens (tertiary/aromatic N) is 2. The summed E-state index contributed by atoms with van der Waals surface area (Å²) in [6.45, 7) is 10.0. The fraction of sp³-hybridized carbons (Fsp3) is 0.579. The highest BCUT2D eigenvalue weighted by Crippen LogP contribution is 2.24. The number of amides is 2. The van der Waals surface area contributed by atoms with E-state index in [9.17, 15) is 9.59 Å². The molecule has 0 aromatic heterocycles. The molecule has 2 rings (SSSR count). The fourth-order valence-corrected chi connectivity index (χ4v) is 2.86. The molecule has 1 aliphatic heterocycles. The van der Waals surface area contributed by atoms with Gasteiger partial charge >= 0.3 is 6.09 Å². The number of carbonyl (C=O) groups excluding carboxylic acids is 2. The zero-order valence-corrected chi connectivity index (χ0v) is 15.5. The molecule has 1 aromatic rings. The van der Waals surface area contributed by atoms with E-state index in [2.05, 4.69) is 0 Å². The number of rotatable bonds is 2. The number of hydrogen-bond acceptors (Lipinski definition) is 3. The SMILES string of the molecule is CC(C)N1Cc2ccccc2C[C@H](N(C)C(=O)OC(C)(C)C)C1=O. The van der Waals surface area contributed by atoms with E-state index in [0.717, 1.165) is 11.1 Å². The van der Waals surface area contributed by atoms with Crippen LogP contribution in [0.1, 0.15) is 45.7 Å². The second kappa shape index (κ2) is 6.83. The maximum absolute atomic E-state index is 13.0. The first-order valence-corrected chi connectivity index (χ1v) is 8.43. The summed E-state index contributed by atoms with van der Waals surface area (Å²) < 4.78 is 5.44. The van der Waals surface area contributed by atoms with Gasteiger partial charge in [-0.05, 0) is 45.7 Å². The van der Waals surface area contributed by atoms with Gasteiger partial charge < -0.3 is 9.64 Å². The third kappa shape index (κ3) is 4.08. The molecular formula is C19H28N2O3. The molecule has 1 aliphatic rings. The molecule has 0 unspecified atom stereocenters. The molecule has 5 nitrogen and oxygen atoms in total.